The lowest BCUT2D eigenvalue weighted by Gasteiger charge is -2.26. The maximum atomic E-state index is 14.8. The second-order valence-corrected chi connectivity index (χ2v) is 9.08. The van der Waals surface area contributed by atoms with Crippen molar-refractivity contribution in [1.82, 2.24) is 9.88 Å². The molecular formula is C27H23ClFN5O2. The van der Waals surface area contributed by atoms with Gasteiger partial charge in [0.15, 0.2) is 0 Å². The van der Waals surface area contributed by atoms with Gasteiger partial charge in [0.2, 0.25) is 0 Å². The number of carbonyl (C=O) groups is 1. The summed E-state index contributed by atoms with van der Waals surface area (Å²) in [5, 5.41) is 11.5. The lowest BCUT2D eigenvalue weighted by atomic mass is 9.97. The van der Waals surface area contributed by atoms with Gasteiger partial charge in [0.25, 0.3) is 0 Å². The number of aromatic hydroxyl groups is 1. The first-order valence-electron chi connectivity index (χ1n) is 11.4. The summed E-state index contributed by atoms with van der Waals surface area (Å²) >= 11 is 6.53. The molecule has 3 heterocycles. The number of terminal acetylenes is 1. The summed E-state index contributed by atoms with van der Waals surface area (Å²) in [7, 11) is 1.73. The zero-order chi connectivity index (χ0) is 25.4. The fourth-order valence-electron chi connectivity index (χ4n) is 4.46. The van der Waals surface area contributed by atoms with Gasteiger partial charge in [-0.1, -0.05) is 23.6 Å². The van der Waals surface area contributed by atoms with E-state index < -0.39 is 5.82 Å². The molecule has 0 bridgehead atoms. The predicted molar refractivity (Wildman–Crippen MR) is 140 cm³/mol. The number of pyridine rings is 1. The number of benzene rings is 2. The number of nitrogens with zero attached hydrogens (tertiary/aromatic N) is 5. The Morgan fingerprint density at radius 1 is 1.08 bits per heavy atom. The smallest absolute Gasteiger partial charge is 0.324 e. The van der Waals surface area contributed by atoms with Crippen molar-refractivity contribution in [3.05, 3.63) is 59.5 Å². The van der Waals surface area contributed by atoms with Gasteiger partial charge in [0.1, 0.15) is 23.1 Å². The van der Waals surface area contributed by atoms with Crippen LogP contribution in [0.15, 0.2) is 53.7 Å². The van der Waals surface area contributed by atoms with E-state index in [-0.39, 0.29) is 11.8 Å². The largest absolute Gasteiger partial charge is 0.507 e. The Hall–Kier alpha value is -4.09. The first kappa shape index (κ1) is 23.6. The number of carbonyl (C=O) groups excluding carboxylic acids is 1. The van der Waals surface area contributed by atoms with Crippen LogP contribution < -0.4 is 9.80 Å². The minimum atomic E-state index is -0.507. The van der Waals surface area contributed by atoms with Gasteiger partial charge in [0, 0.05) is 44.0 Å². The highest BCUT2D eigenvalue weighted by Gasteiger charge is 2.28. The van der Waals surface area contributed by atoms with Gasteiger partial charge in [-0.3, -0.25) is 9.89 Å². The van der Waals surface area contributed by atoms with Gasteiger partial charge in [0.05, 0.1) is 23.8 Å². The SMILES string of the molecule is C#CC1=NCCN(c2cc(-c3cc(F)cc(-c4ccc(N5CCN(C)C5=O)c(Cl)c4)c3O)ccn2)C1. The lowest BCUT2D eigenvalue weighted by Crippen LogP contribution is -2.36. The minimum absolute atomic E-state index is 0.0844. The van der Waals surface area contributed by atoms with Crippen molar-refractivity contribution in [2.24, 2.45) is 4.99 Å². The van der Waals surface area contributed by atoms with E-state index in [0.717, 1.165) is 0 Å². The van der Waals surface area contributed by atoms with Crippen molar-refractivity contribution in [2.75, 3.05) is 49.6 Å². The number of phenolic OH excluding ortho intramolecular Hbond substituents is 1. The summed E-state index contributed by atoms with van der Waals surface area (Å²) in [6.45, 7) is 2.82. The van der Waals surface area contributed by atoms with Crippen LogP contribution >= 0.6 is 11.6 Å². The molecule has 1 N–H and O–H groups in total. The summed E-state index contributed by atoms with van der Waals surface area (Å²) in [5.74, 6) is 2.65. The van der Waals surface area contributed by atoms with Gasteiger partial charge >= 0.3 is 6.03 Å². The van der Waals surface area contributed by atoms with Crippen molar-refractivity contribution >= 4 is 34.8 Å². The fraction of sp³-hybridized carbons (Fsp3) is 0.222. The number of hydrogen-bond donors (Lipinski definition) is 1. The number of anilines is 2. The molecule has 0 aliphatic carbocycles. The first-order valence-corrected chi connectivity index (χ1v) is 11.8. The molecule has 2 amide bonds. The van der Waals surface area contributed by atoms with Gasteiger partial charge in [-0.05, 0) is 47.5 Å². The van der Waals surface area contributed by atoms with Gasteiger partial charge < -0.3 is 14.9 Å². The van der Waals surface area contributed by atoms with E-state index in [1.165, 1.54) is 12.1 Å². The third-order valence-electron chi connectivity index (χ3n) is 6.40. The van der Waals surface area contributed by atoms with Crippen LogP contribution in [0.4, 0.5) is 20.7 Å². The molecule has 0 saturated carbocycles. The van der Waals surface area contributed by atoms with Gasteiger partial charge in [-0.2, -0.15) is 0 Å². The maximum Gasteiger partial charge on any atom is 0.324 e. The van der Waals surface area contributed by atoms with Crippen LogP contribution in [0, 0.1) is 18.2 Å². The van der Waals surface area contributed by atoms with Crippen molar-refractivity contribution in [2.45, 2.75) is 0 Å². The minimum Gasteiger partial charge on any atom is -0.507 e. The molecule has 2 aliphatic rings. The molecule has 2 aromatic carbocycles. The molecule has 0 radical (unpaired) electrons. The maximum absolute atomic E-state index is 14.8. The Morgan fingerprint density at radius 3 is 2.50 bits per heavy atom. The van der Waals surface area contributed by atoms with E-state index in [9.17, 15) is 14.3 Å². The molecule has 0 unspecified atom stereocenters. The third kappa shape index (κ3) is 4.34. The van der Waals surface area contributed by atoms with Crippen LogP contribution in [0.2, 0.25) is 5.02 Å². The monoisotopic (exact) mass is 503 g/mol. The molecule has 0 atom stereocenters. The second-order valence-electron chi connectivity index (χ2n) is 8.67. The molecule has 2 aliphatic heterocycles. The molecule has 7 nitrogen and oxygen atoms in total. The Bertz CT molecular complexity index is 1430. The molecule has 36 heavy (non-hydrogen) atoms. The van der Waals surface area contributed by atoms with Gasteiger partial charge in [-0.25, -0.2) is 14.2 Å². The Morgan fingerprint density at radius 2 is 1.83 bits per heavy atom. The van der Waals surface area contributed by atoms with Crippen LogP contribution in [-0.2, 0) is 0 Å². The van der Waals surface area contributed by atoms with Crippen LogP contribution in [0.25, 0.3) is 22.3 Å². The quantitative estimate of drug-likeness (QED) is 0.525. The molecule has 9 heteroatoms. The van der Waals surface area contributed by atoms with Crippen molar-refractivity contribution in [3.63, 3.8) is 0 Å². The van der Waals surface area contributed by atoms with E-state index in [1.807, 2.05) is 4.90 Å². The molecule has 1 aromatic heterocycles. The number of aromatic nitrogens is 1. The molecule has 0 spiro atoms. The lowest BCUT2D eigenvalue weighted by molar-refractivity contribution is 0.229. The van der Waals surface area contributed by atoms with E-state index in [2.05, 4.69) is 15.9 Å². The summed E-state index contributed by atoms with van der Waals surface area (Å²) in [6, 6.07) is 11.0. The number of amides is 2. The summed E-state index contributed by atoms with van der Waals surface area (Å²) < 4.78 is 14.8. The molecule has 182 valence electrons. The zero-order valence-electron chi connectivity index (χ0n) is 19.6. The highest BCUT2D eigenvalue weighted by molar-refractivity contribution is 6.34. The summed E-state index contributed by atoms with van der Waals surface area (Å²) in [6.07, 6.45) is 7.12. The second kappa shape index (κ2) is 9.51. The van der Waals surface area contributed by atoms with E-state index in [0.29, 0.717) is 77.2 Å². The van der Waals surface area contributed by atoms with E-state index >= 15 is 0 Å². The van der Waals surface area contributed by atoms with Crippen LogP contribution in [0.1, 0.15) is 0 Å². The summed E-state index contributed by atoms with van der Waals surface area (Å²) in [4.78, 5) is 26.3. The van der Waals surface area contributed by atoms with E-state index in [1.54, 1.807) is 53.4 Å². The average Bonchev–Trinajstić information content (AvgIpc) is 3.23. The number of rotatable bonds is 4. The molecule has 1 saturated heterocycles. The topological polar surface area (TPSA) is 72.3 Å². The molecule has 3 aromatic rings. The van der Waals surface area contributed by atoms with Crippen molar-refractivity contribution < 1.29 is 14.3 Å². The predicted octanol–water partition coefficient (Wildman–Crippen LogP) is 4.68. The Labute approximate surface area is 213 Å². The number of phenols is 1. The van der Waals surface area contributed by atoms with Crippen LogP contribution in [0.5, 0.6) is 5.75 Å². The number of aliphatic imine (C=N–C) groups is 1. The number of urea groups is 1. The first-order chi connectivity index (χ1) is 17.4. The molecule has 1 fully saturated rings. The third-order valence-corrected chi connectivity index (χ3v) is 6.70. The molecular weight excluding hydrogens is 481 g/mol. The highest BCUT2D eigenvalue weighted by atomic mass is 35.5. The Balaban J connectivity index is 1.50. The fourth-order valence-corrected chi connectivity index (χ4v) is 4.75. The standard InChI is InChI=1S/C27H23ClFN5O2/c1-3-20-16-33(9-8-30-20)25-13-18(6-7-31-25)22-15-19(29)14-21(26(22)35)17-4-5-24(23(28)12-17)34-11-10-32(2)27(34)36/h1,4-7,12-15,35H,8-11,16H2,2H3. The number of hydrogen-bond acceptors (Lipinski definition) is 5. The molecule has 5 rings (SSSR count). The van der Waals surface area contributed by atoms with E-state index in [4.69, 9.17) is 18.0 Å². The van der Waals surface area contributed by atoms with Gasteiger partial charge in [-0.15, -0.1) is 6.42 Å². The number of likely N-dealkylation sites (N-methyl/N-ethyl adjacent to an activating group) is 1. The summed E-state index contributed by atoms with van der Waals surface area (Å²) in [5.41, 5.74) is 2.97. The average molecular weight is 504 g/mol. The van der Waals surface area contributed by atoms with Crippen LogP contribution in [-0.4, -0.2) is 66.5 Å². The zero-order valence-corrected chi connectivity index (χ0v) is 20.3. The Kier molecular flexibility index (Phi) is 6.25. The highest BCUT2D eigenvalue weighted by Crippen LogP contribution is 2.41. The van der Waals surface area contributed by atoms with Crippen molar-refractivity contribution in [3.8, 4) is 40.3 Å². The van der Waals surface area contributed by atoms with Crippen molar-refractivity contribution in [1.29, 1.82) is 0 Å². The number of halogens is 2. The normalized spacial score (nSPS) is 15.8. The van der Waals surface area contributed by atoms with Crippen LogP contribution in [0.3, 0.4) is 0 Å².